The summed E-state index contributed by atoms with van der Waals surface area (Å²) >= 11 is 12.8. The number of aromatic nitrogens is 2. The van der Waals surface area contributed by atoms with Crippen LogP contribution in [-0.4, -0.2) is 9.97 Å². The van der Waals surface area contributed by atoms with Gasteiger partial charge in [-0.15, -0.1) is 0 Å². The lowest BCUT2D eigenvalue weighted by Crippen LogP contribution is -2.06. The van der Waals surface area contributed by atoms with Crippen LogP contribution in [0.15, 0.2) is 18.5 Å². The highest BCUT2D eigenvalue weighted by atomic mass is 35.5. The zero-order chi connectivity index (χ0) is 16.4. The fraction of sp³-hybridized carbons (Fsp3) is 0.444. The maximum Gasteiger partial charge on any atom is 0.0656 e. The molecular formula is C18H22Cl2N2. The summed E-state index contributed by atoms with van der Waals surface area (Å²) in [7, 11) is 0. The van der Waals surface area contributed by atoms with Gasteiger partial charge >= 0.3 is 0 Å². The van der Waals surface area contributed by atoms with E-state index in [1.807, 2.05) is 25.4 Å². The zero-order valence-corrected chi connectivity index (χ0v) is 15.3. The molecule has 0 aromatic carbocycles. The van der Waals surface area contributed by atoms with Crippen molar-refractivity contribution >= 4 is 23.2 Å². The molecule has 1 atom stereocenters. The first-order chi connectivity index (χ1) is 10.3. The minimum absolute atomic E-state index is 0.217. The number of hydrogen-bond acceptors (Lipinski definition) is 2. The molecule has 4 heteroatoms. The Balaban J connectivity index is 2.29. The Morgan fingerprint density at radius 3 is 2.23 bits per heavy atom. The van der Waals surface area contributed by atoms with Crippen molar-refractivity contribution in [3.63, 3.8) is 0 Å². The molecule has 2 nitrogen and oxygen atoms in total. The molecule has 0 saturated heterocycles. The summed E-state index contributed by atoms with van der Waals surface area (Å²) in [5, 5.41) is 1.51. The van der Waals surface area contributed by atoms with Gasteiger partial charge in [0.2, 0.25) is 0 Å². The molecule has 22 heavy (non-hydrogen) atoms. The van der Waals surface area contributed by atoms with Crippen LogP contribution in [0.5, 0.6) is 0 Å². The molecule has 0 aliphatic rings. The zero-order valence-electron chi connectivity index (χ0n) is 13.7. The molecule has 0 aliphatic heterocycles. The Morgan fingerprint density at radius 2 is 1.64 bits per heavy atom. The van der Waals surface area contributed by atoms with Crippen molar-refractivity contribution in [3.8, 4) is 0 Å². The van der Waals surface area contributed by atoms with E-state index in [9.17, 15) is 0 Å². The van der Waals surface area contributed by atoms with Crippen molar-refractivity contribution in [1.29, 1.82) is 0 Å². The highest BCUT2D eigenvalue weighted by Gasteiger charge is 2.17. The summed E-state index contributed by atoms with van der Waals surface area (Å²) in [5.74, 6) is 0.542. The summed E-state index contributed by atoms with van der Waals surface area (Å²) in [5.41, 5.74) is 5.22. The average Bonchev–Trinajstić information content (AvgIpc) is 2.43. The standard InChI is InChI=1S/C18H22Cl2N2/c1-10(2)17-16(20)13(5)14(9-22-17)7-12(4)18-15(19)6-11(3)8-21-18/h6,8-10,12H,7H2,1-5H3. The van der Waals surface area contributed by atoms with Gasteiger partial charge in [-0.2, -0.15) is 0 Å². The van der Waals surface area contributed by atoms with Gasteiger partial charge in [0.15, 0.2) is 0 Å². The largest absolute Gasteiger partial charge is 0.259 e. The van der Waals surface area contributed by atoms with Crippen LogP contribution in [0.3, 0.4) is 0 Å². The summed E-state index contributed by atoms with van der Waals surface area (Å²) < 4.78 is 0. The summed E-state index contributed by atoms with van der Waals surface area (Å²) in [6, 6.07) is 1.96. The summed E-state index contributed by atoms with van der Waals surface area (Å²) in [6.45, 7) is 10.4. The van der Waals surface area contributed by atoms with E-state index in [1.54, 1.807) is 0 Å². The minimum atomic E-state index is 0.217. The van der Waals surface area contributed by atoms with Crippen LogP contribution >= 0.6 is 23.2 Å². The molecule has 0 fully saturated rings. The van der Waals surface area contributed by atoms with Gasteiger partial charge in [0.1, 0.15) is 0 Å². The van der Waals surface area contributed by atoms with E-state index < -0.39 is 0 Å². The molecule has 0 amide bonds. The lowest BCUT2D eigenvalue weighted by molar-refractivity contribution is 0.720. The molecule has 0 spiro atoms. The van der Waals surface area contributed by atoms with E-state index in [2.05, 4.69) is 37.7 Å². The highest BCUT2D eigenvalue weighted by Crippen LogP contribution is 2.31. The Morgan fingerprint density at radius 1 is 1.00 bits per heavy atom. The van der Waals surface area contributed by atoms with Gasteiger partial charge in [-0.05, 0) is 48.9 Å². The van der Waals surface area contributed by atoms with Gasteiger partial charge < -0.3 is 0 Å². The third-order valence-corrected chi connectivity index (χ3v) is 4.72. The van der Waals surface area contributed by atoms with Gasteiger partial charge in [-0.25, -0.2) is 0 Å². The van der Waals surface area contributed by atoms with Crippen molar-refractivity contribution < 1.29 is 0 Å². The van der Waals surface area contributed by atoms with E-state index in [4.69, 9.17) is 23.2 Å². The average molecular weight is 337 g/mol. The van der Waals surface area contributed by atoms with Crippen LogP contribution in [0, 0.1) is 13.8 Å². The molecule has 2 aromatic heterocycles. The van der Waals surface area contributed by atoms with Crippen LogP contribution < -0.4 is 0 Å². The first-order valence-electron chi connectivity index (χ1n) is 7.57. The molecule has 118 valence electrons. The summed E-state index contributed by atoms with van der Waals surface area (Å²) in [6.07, 6.45) is 4.62. The molecule has 2 rings (SSSR count). The molecule has 2 heterocycles. The third-order valence-electron chi connectivity index (χ3n) is 3.94. The number of rotatable bonds is 4. The smallest absolute Gasteiger partial charge is 0.0656 e. The van der Waals surface area contributed by atoms with Crippen LogP contribution in [0.4, 0.5) is 0 Å². The van der Waals surface area contributed by atoms with Gasteiger partial charge in [-0.3, -0.25) is 9.97 Å². The number of aryl methyl sites for hydroxylation is 1. The van der Waals surface area contributed by atoms with Crippen molar-refractivity contribution in [2.45, 2.75) is 52.9 Å². The van der Waals surface area contributed by atoms with E-state index in [0.717, 1.165) is 44.5 Å². The molecule has 0 radical (unpaired) electrons. The van der Waals surface area contributed by atoms with E-state index >= 15 is 0 Å². The van der Waals surface area contributed by atoms with Crippen LogP contribution in [0.1, 0.15) is 60.7 Å². The van der Waals surface area contributed by atoms with Crippen molar-refractivity contribution in [2.24, 2.45) is 0 Å². The Bertz CT molecular complexity index is 681. The number of halogens is 2. The van der Waals surface area contributed by atoms with Gasteiger partial charge in [0, 0.05) is 18.3 Å². The van der Waals surface area contributed by atoms with E-state index in [1.165, 1.54) is 0 Å². The fourth-order valence-electron chi connectivity index (χ4n) is 2.58. The quantitative estimate of drug-likeness (QED) is 0.697. The van der Waals surface area contributed by atoms with Gasteiger partial charge in [0.05, 0.1) is 21.4 Å². The number of pyridine rings is 2. The Kier molecular flexibility index (Phi) is 5.46. The molecule has 2 aromatic rings. The van der Waals surface area contributed by atoms with Crippen LogP contribution in [0.25, 0.3) is 0 Å². The maximum absolute atomic E-state index is 6.47. The second kappa shape index (κ2) is 6.97. The predicted molar refractivity (Wildman–Crippen MR) is 94.2 cm³/mol. The predicted octanol–water partition coefficient (Wildman–Crippen LogP) is 5.87. The molecule has 0 N–H and O–H groups in total. The monoisotopic (exact) mass is 336 g/mol. The Labute approximate surface area is 142 Å². The number of hydrogen-bond donors (Lipinski definition) is 0. The summed E-state index contributed by atoms with van der Waals surface area (Å²) in [4.78, 5) is 9.02. The lowest BCUT2D eigenvalue weighted by Gasteiger charge is -2.17. The third kappa shape index (κ3) is 3.61. The van der Waals surface area contributed by atoms with E-state index in [0.29, 0.717) is 5.92 Å². The highest BCUT2D eigenvalue weighted by molar-refractivity contribution is 6.32. The SMILES string of the molecule is Cc1cnc(C(C)Cc2cnc(C(C)C)c(Cl)c2C)c(Cl)c1. The first kappa shape index (κ1) is 17.2. The molecule has 0 bridgehead atoms. The number of nitrogens with zero attached hydrogens (tertiary/aromatic N) is 2. The topological polar surface area (TPSA) is 25.8 Å². The molecule has 0 saturated carbocycles. The maximum atomic E-state index is 6.47. The van der Waals surface area contributed by atoms with Crippen molar-refractivity contribution in [3.05, 3.63) is 56.6 Å². The van der Waals surface area contributed by atoms with Crippen molar-refractivity contribution in [2.75, 3.05) is 0 Å². The van der Waals surface area contributed by atoms with Gasteiger partial charge in [0.25, 0.3) is 0 Å². The fourth-order valence-corrected chi connectivity index (χ4v) is 3.37. The second-order valence-corrected chi connectivity index (χ2v) is 7.03. The van der Waals surface area contributed by atoms with E-state index in [-0.39, 0.29) is 5.92 Å². The van der Waals surface area contributed by atoms with Crippen molar-refractivity contribution in [1.82, 2.24) is 9.97 Å². The normalized spacial score (nSPS) is 12.7. The first-order valence-corrected chi connectivity index (χ1v) is 8.32. The Hall–Kier alpha value is -1.12. The van der Waals surface area contributed by atoms with Crippen LogP contribution in [-0.2, 0) is 6.42 Å². The minimum Gasteiger partial charge on any atom is -0.259 e. The molecular weight excluding hydrogens is 315 g/mol. The van der Waals surface area contributed by atoms with Gasteiger partial charge in [-0.1, -0.05) is 44.0 Å². The molecule has 1 unspecified atom stereocenters. The lowest BCUT2D eigenvalue weighted by atomic mass is 9.94. The second-order valence-electron chi connectivity index (χ2n) is 6.25. The van der Waals surface area contributed by atoms with Crippen LogP contribution in [0.2, 0.25) is 10.0 Å². The molecule has 0 aliphatic carbocycles.